The van der Waals surface area contributed by atoms with Gasteiger partial charge in [-0.05, 0) is 19.1 Å². The Balaban J connectivity index is 2.17. The van der Waals surface area contributed by atoms with Crippen molar-refractivity contribution >= 4 is 17.4 Å². The summed E-state index contributed by atoms with van der Waals surface area (Å²) in [4.78, 5) is 0. The van der Waals surface area contributed by atoms with Crippen molar-refractivity contribution in [3.05, 3.63) is 35.4 Å². The van der Waals surface area contributed by atoms with Gasteiger partial charge in [-0.1, -0.05) is 29.8 Å². The molecule has 2 N–H and O–H groups in total. The summed E-state index contributed by atoms with van der Waals surface area (Å²) in [5.41, 5.74) is 7.97. The number of hydrogen-bond donors (Lipinski definition) is 2. The van der Waals surface area contributed by atoms with E-state index in [1.807, 2.05) is 24.3 Å². The quantitative estimate of drug-likeness (QED) is 0.662. The summed E-state index contributed by atoms with van der Waals surface area (Å²) >= 11 is 4.83. The zero-order chi connectivity index (χ0) is 9.26. The molecule has 1 fully saturated rings. The normalized spacial score (nSPS) is 21.0. The highest BCUT2D eigenvalue weighted by Crippen LogP contribution is 2.17. The Morgan fingerprint density at radius 1 is 1.31 bits per heavy atom. The van der Waals surface area contributed by atoms with Gasteiger partial charge in [0.2, 0.25) is 0 Å². The van der Waals surface area contributed by atoms with Crippen LogP contribution < -0.4 is 10.9 Å². The standard InChI is InChI=1S/C9H10N2OS/c1-6-2-4-7(5-3-6)8-10-11-9(13)12-8/h2-5,8,10H,1H3,(H,11,13). The molecule has 2 rings (SSSR count). The molecular weight excluding hydrogens is 184 g/mol. The average Bonchev–Trinajstić information content (AvgIpc) is 2.53. The topological polar surface area (TPSA) is 33.3 Å². The van der Waals surface area contributed by atoms with Crippen molar-refractivity contribution in [3.63, 3.8) is 0 Å². The molecule has 0 saturated carbocycles. The number of aryl methyl sites for hydroxylation is 1. The lowest BCUT2D eigenvalue weighted by Crippen LogP contribution is -2.26. The Bertz CT molecular complexity index is 323. The van der Waals surface area contributed by atoms with Crippen LogP contribution in [-0.4, -0.2) is 5.17 Å². The van der Waals surface area contributed by atoms with E-state index in [0.717, 1.165) is 5.56 Å². The van der Waals surface area contributed by atoms with Crippen LogP contribution in [0.4, 0.5) is 0 Å². The third kappa shape index (κ3) is 1.79. The number of hydrogen-bond acceptors (Lipinski definition) is 3. The molecule has 1 aliphatic heterocycles. The monoisotopic (exact) mass is 194 g/mol. The minimum atomic E-state index is -0.159. The summed E-state index contributed by atoms with van der Waals surface area (Å²) in [6.07, 6.45) is -0.159. The van der Waals surface area contributed by atoms with Crippen LogP contribution >= 0.6 is 12.2 Å². The van der Waals surface area contributed by atoms with Crippen LogP contribution in [0.2, 0.25) is 0 Å². The number of thiocarbonyl (C=S) groups is 1. The highest BCUT2D eigenvalue weighted by atomic mass is 32.1. The number of hydrazine groups is 1. The molecule has 0 aliphatic carbocycles. The molecule has 0 radical (unpaired) electrons. The Morgan fingerprint density at radius 3 is 2.54 bits per heavy atom. The molecule has 1 unspecified atom stereocenters. The van der Waals surface area contributed by atoms with E-state index >= 15 is 0 Å². The van der Waals surface area contributed by atoms with E-state index in [2.05, 4.69) is 17.8 Å². The molecule has 0 spiro atoms. The van der Waals surface area contributed by atoms with Crippen LogP contribution in [0, 0.1) is 6.92 Å². The van der Waals surface area contributed by atoms with Crippen LogP contribution in [-0.2, 0) is 4.74 Å². The number of rotatable bonds is 1. The number of benzene rings is 1. The van der Waals surface area contributed by atoms with Crippen LogP contribution in [0.1, 0.15) is 17.4 Å². The predicted octanol–water partition coefficient (Wildman–Crippen LogP) is 1.40. The number of ether oxygens (including phenoxy) is 1. The molecule has 13 heavy (non-hydrogen) atoms. The average molecular weight is 194 g/mol. The molecule has 0 aromatic heterocycles. The largest absolute Gasteiger partial charge is 0.445 e. The summed E-state index contributed by atoms with van der Waals surface area (Å²) in [6.45, 7) is 2.05. The molecule has 1 aliphatic rings. The minimum absolute atomic E-state index is 0.159. The van der Waals surface area contributed by atoms with Crippen molar-refractivity contribution in [1.82, 2.24) is 10.9 Å². The molecule has 4 heteroatoms. The minimum Gasteiger partial charge on any atom is -0.445 e. The fourth-order valence-corrected chi connectivity index (χ4v) is 1.34. The van der Waals surface area contributed by atoms with E-state index in [4.69, 9.17) is 17.0 Å². The van der Waals surface area contributed by atoms with Crippen molar-refractivity contribution in [2.75, 3.05) is 0 Å². The van der Waals surface area contributed by atoms with E-state index in [9.17, 15) is 0 Å². The lowest BCUT2D eigenvalue weighted by atomic mass is 10.1. The first kappa shape index (κ1) is 8.47. The van der Waals surface area contributed by atoms with E-state index < -0.39 is 0 Å². The first-order valence-electron chi connectivity index (χ1n) is 4.04. The van der Waals surface area contributed by atoms with Gasteiger partial charge in [0.05, 0.1) is 0 Å². The van der Waals surface area contributed by atoms with Crippen molar-refractivity contribution in [3.8, 4) is 0 Å². The van der Waals surface area contributed by atoms with Gasteiger partial charge in [-0.15, -0.1) is 0 Å². The van der Waals surface area contributed by atoms with Crippen molar-refractivity contribution in [1.29, 1.82) is 0 Å². The second-order valence-electron chi connectivity index (χ2n) is 2.97. The van der Waals surface area contributed by atoms with Crippen molar-refractivity contribution in [2.24, 2.45) is 0 Å². The fraction of sp³-hybridized carbons (Fsp3) is 0.222. The van der Waals surface area contributed by atoms with E-state index in [1.54, 1.807) is 0 Å². The van der Waals surface area contributed by atoms with Crippen LogP contribution in [0.3, 0.4) is 0 Å². The van der Waals surface area contributed by atoms with Crippen LogP contribution in [0.5, 0.6) is 0 Å². The van der Waals surface area contributed by atoms with Gasteiger partial charge in [-0.3, -0.25) is 5.43 Å². The zero-order valence-electron chi connectivity index (χ0n) is 7.20. The SMILES string of the molecule is Cc1ccc(C2NNC(=S)O2)cc1. The predicted molar refractivity (Wildman–Crippen MR) is 53.9 cm³/mol. The number of nitrogens with one attached hydrogen (secondary N) is 2. The summed E-state index contributed by atoms with van der Waals surface area (Å²) < 4.78 is 5.30. The first-order valence-corrected chi connectivity index (χ1v) is 4.45. The van der Waals surface area contributed by atoms with E-state index in [1.165, 1.54) is 5.56 Å². The highest BCUT2D eigenvalue weighted by Gasteiger charge is 2.20. The van der Waals surface area contributed by atoms with Gasteiger partial charge in [-0.2, -0.15) is 5.43 Å². The van der Waals surface area contributed by atoms with E-state index in [-0.39, 0.29) is 6.23 Å². The summed E-state index contributed by atoms with van der Waals surface area (Å²) in [5.74, 6) is 0. The van der Waals surface area contributed by atoms with Gasteiger partial charge in [0, 0.05) is 5.56 Å². The van der Waals surface area contributed by atoms with Gasteiger partial charge >= 0.3 is 0 Å². The maximum atomic E-state index is 5.30. The Labute approximate surface area is 82.1 Å². The van der Waals surface area contributed by atoms with Gasteiger partial charge in [0.15, 0.2) is 6.23 Å². The third-order valence-electron chi connectivity index (χ3n) is 1.91. The van der Waals surface area contributed by atoms with Crippen LogP contribution in [0.25, 0.3) is 0 Å². The Kier molecular flexibility index (Phi) is 2.16. The molecule has 0 bridgehead atoms. The smallest absolute Gasteiger partial charge is 0.273 e. The summed E-state index contributed by atoms with van der Waals surface area (Å²) in [5, 5.41) is 0.394. The third-order valence-corrected chi connectivity index (χ3v) is 2.11. The molecule has 3 nitrogen and oxygen atoms in total. The molecule has 1 aromatic carbocycles. The van der Waals surface area contributed by atoms with Crippen molar-refractivity contribution < 1.29 is 4.74 Å². The highest BCUT2D eigenvalue weighted by molar-refractivity contribution is 7.80. The molecule has 1 atom stereocenters. The lowest BCUT2D eigenvalue weighted by molar-refractivity contribution is 0.203. The molecular formula is C9H10N2OS. The summed E-state index contributed by atoms with van der Waals surface area (Å²) in [7, 11) is 0. The van der Waals surface area contributed by atoms with E-state index in [0.29, 0.717) is 5.17 Å². The molecule has 1 saturated heterocycles. The van der Waals surface area contributed by atoms with Crippen LogP contribution in [0.15, 0.2) is 24.3 Å². The van der Waals surface area contributed by atoms with Gasteiger partial charge in [0.1, 0.15) is 0 Å². The van der Waals surface area contributed by atoms with Gasteiger partial charge in [-0.25, -0.2) is 0 Å². The molecule has 1 aromatic rings. The van der Waals surface area contributed by atoms with Gasteiger partial charge in [0.25, 0.3) is 5.17 Å². The van der Waals surface area contributed by atoms with Gasteiger partial charge < -0.3 is 4.74 Å². The second kappa shape index (κ2) is 3.32. The maximum absolute atomic E-state index is 5.30. The maximum Gasteiger partial charge on any atom is 0.273 e. The summed E-state index contributed by atoms with van der Waals surface area (Å²) in [6, 6.07) is 8.12. The Morgan fingerprint density at radius 2 is 2.00 bits per heavy atom. The first-order chi connectivity index (χ1) is 6.25. The fourth-order valence-electron chi connectivity index (χ4n) is 1.18. The molecule has 0 amide bonds. The zero-order valence-corrected chi connectivity index (χ0v) is 8.02. The molecule has 1 heterocycles. The lowest BCUT2D eigenvalue weighted by Gasteiger charge is -2.08. The molecule has 68 valence electrons. The van der Waals surface area contributed by atoms with Crippen molar-refractivity contribution in [2.45, 2.75) is 13.2 Å². The Hall–Kier alpha value is -1.13. The second-order valence-corrected chi connectivity index (χ2v) is 3.34.